The van der Waals surface area contributed by atoms with Crippen molar-refractivity contribution in [1.82, 2.24) is 14.9 Å². The average Bonchev–Trinajstić information content (AvgIpc) is 2.60. The molecule has 96 valence electrons. The minimum atomic E-state index is 1.05. The molecule has 2 aromatic rings. The van der Waals surface area contributed by atoms with Crippen molar-refractivity contribution in [1.29, 1.82) is 0 Å². The molecule has 0 radical (unpaired) electrons. The molecule has 4 nitrogen and oxygen atoms in total. The Bertz CT molecular complexity index is 551. The van der Waals surface area contributed by atoms with Crippen molar-refractivity contribution >= 4 is 27.4 Å². The van der Waals surface area contributed by atoms with Gasteiger partial charge >= 0.3 is 0 Å². The number of hydrogen-bond donors (Lipinski definition) is 0. The number of anilines is 1. The minimum absolute atomic E-state index is 1.05. The predicted molar refractivity (Wildman–Crippen MR) is 76.5 cm³/mol. The largest absolute Gasteiger partial charge is 0.355 e. The van der Waals surface area contributed by atoms with Gasteiger partial charge in [-0.15, -0.1) is 11.3 Å². The van der Waals surface area contributed by atoms with Crippen LogP contribution in [-0.4, -0.2) is 48.1 Å². The highest BCUT2D eigenvalue weighted by Crippen LogP contribution is 2.30. The molecule has 1 saturated heterocycles. The van der Waals surface area contributed by atoms with Crippen molar-refractivity contribution in [2.45, 2.75) is 13.3 Å². The summed E-state index contributed by atoms with van der Waals surface area (Å²) in [6, 6.07) is 2.21. The summed E-state index contributed by atoms with van der Waals surface area (Å²) in [5.74, 6) is 1.11. The number of likely N-dealkylation sites (N-methyl/N-ethyl adjacent to an activating group) is 1. The molecule has 0 spiro atoms. The molecule has 0 amide bonds. The fourth-order valence-corrected chi connectivity index (χ4v) is 3.32. The molecule has 0 bridgehead atoms. The van der Waals surface area contributed by atoms with Gasteiger partial charge in [0.05, 0.1) is 5.39 Å². The van der Waals surface area contributed by atoms with Crippen LogP contribution in [0.25, 0.3) is 10.2 Å². The van der Waals surface area contributed by atoms with Gasteiger partial charge in [0.25, 0.3) is 0 Å². The molecule has 0 N–H and O–H groups in total. The summed E-state index contributed by atoms with van der Waals surface area (Å²) in [4.78, 5) is 16.1. The van der Waals surface area contributed by atoms with E-state index in [1.54, 1.807) is 17.7 Å². The van der Waals surface area contributed by atoms with Gasteiger partial charge < -0.3 is 9.80 Å². The summed E-state index contributed by atoms with van der Waals surface area (Å²) in [6.45, 7) is 6.55. The van der Waals surface area contributed by atoms with E-state index in [1.807, 2.05) is 0 Å². The van der Waals surface area contributed by atoms with Gasteiger partial charge in [0, 0.05) is 24.5 Å². The first-order chi connectivity index (χ1) is 8.74. The zero-order valence-corrected chi connectivity index (χ0v) is 11.7. The van der Waals surface area contributed by atoms with Crippen LogP contribution in [0.5, 0.6) is 0 Å². The van der Waals surface area contributed by atoms with E-state index >= 15 is 0 Å². The Hall–Kier alpha value is -1.20. The van der Waals surface area contributed by atoms with Crippen molar-refractivity contribution < 1.29 is 0 Å². The highest BCUT2D eigenvalue weighted by Gasteiger charge is 2.17. The molecule has 0 aromatic carbocycles. The number of aryl methyl sites for hydroxylation is 1. The first kappa shape index (κ1) is 11.9. The zero-order chi connectivity index (χ0) is 12.5. The molecule has 0 saturated carbocycles. The third-order valence-electron chi connectivity index (χ3n) is 3.45. The van der Waals surface area contributed by atoms with Crippen LogP contribution in [0.4, 0.5) is 5.82 Å². The molecule has 3 rings (SSSR count). The normalized spacial score (nSPS) is 18.2. The fourth-order valence-electron chi connectivity index (χ4n) is 2.47. The molecule has 2 aromatic heterocycles. The molecule has 3 heterocycles. The molecule has 1 aliphatic rings. The van der Waals surface area contributed by atoms with Gasteiger partial charge in [0.2, 0.25) is 0 Å². The Morgan fingerprint density at radius 2 is 2.06 bits per heavy atom. The quantitative estimate of drug-likeness (QED) is 0.788. The summed E-state index contributed by atoms with van der Waals surface area (Å²) in [5.41, 5.74) is 0. The summed E-state index contributed by atoms with van der Waals surface area (Å²) < 4.78 is 0. The second kappa shape index (κ2) is 4.82. The molecule has 0 atom stereocenters. The molecular formula is C13H18N4S. The minimum Gasteiger partial charge on any atom is -0.355 e. The lowest BCUT2D eigenvalue weighted by molar-refractivity contribution is 0.360. The van der Waals surface area contributed by atoms with Gasteiger partial charge in [-0.25, -0.2) is 9.97 Å². The molecule has 0 unspecified atom stereocenters. The van der Waals surface area contributed by atoms with Gasteiger partial charge in [-0.3, -0.25) is 0 Å². The third kappa shape index (κ3) is 2.20. The molecule has 0 aliphatic carbocycles. The maximum absolute atomic E-state index is 4.51. The standard InChI is InChI=1S/C13H18N4S/c1-10-8-11-12(14-9-15-13(11)18-10)17-5-3-4-16(2)6-7-17/h8-9H,3-7H2,1-2H3. The van der Waals surface area contributed by atoms with E-state index in [0.717, 1.165) is 30.3 Å². The van der Waals surface area contributed by atoms with E-state index < -0.39 is 0 Å². The van der Waals surface area contributed by atoms with Crippen LogP contribution in [0.1, 0.15) is 11.3 Å². The van der Waals surface area contributed by atoms with Crippen LogP contribution in [0.2, 0.25) is 0 Å². The second-order valence-corrected chi connectivity index (χ2v) is 6.15. The lowest BCUT2D eigenvalue weighted by atomic mass is 10.3. The lowest BCUT2D eigenvalue weighted by Crippen LogP contribution is -2.29. The Morgan fingerprint density at radius 3 is 2.94 bits per heavy atom. The van der Waals surface area contributed by atoms with E-state index in [0.29, 0.717) is 0 Å². The Morgan fingerprint density at radius 1 is 1.17 bits per heavy atom. The monoisotopic (exact) mass is 262 g/mol. The summed E-state index contributed by atoms with van der Waals surface area (Å²) >= 11 is 1.75. The molecule has 1 aliphatic heterocycles. The summed E-state index contributed by atoms with van der Waals surface area (Å²) in [6.07, 6.45) is 2.90. The molecular weight excluding hydrogens is 244 g/mol. The van der Waals surface area contributed by atoms with E-state index in [-0.39, 0.29) is 0 Å². The number of nitrogens with zero attached hydrogens (tertiary/aromatic N) is 4. The number of aromatic nitrogens is 2. The SMILES string of the molecule is Cc1cc2c(N3CCCN(C)CC3)ncnc2s1. The van der Waals surface area contributed by atoms with Gasteiger partial charge in [-0.2, -0.15) is 0 Å². The first-order valence-electron chi connectivity index (χ1n) is 6.38. The Labute approximate surface area is 111 Å². The highest BCUT2D eigenvalue weighted by atomic mass is 32.1. The van der Waals surface area contributed by atoms with E-state index in [1.165, 1.54) is 23.2 Å². The van der Waals surface area contributed by atoms with Crippen molar-refractivity contribution in [3.63, 3.8) is 0 Å². The van der Waals surface area contributed by atoms with Crippen LogP contribution in [0.15, 0.2) is 12.4 Å². The van der Waals surface area contributed by atoms with E-state index in [2.05, 4.69) is 39.8 Å². The number of hydrogen-bond acceptors (Lipinski definition) is 5. The van der Waals surface area contributed by atoms with Crippen LogP contribution in [0.3, 0.4) is 0 Å². The van der Waals surface area contributed by atoms with E-state index in [9.17, 15) is 0 Å². The Balaban J connectivity index is 1.97. The number of fused-ring (bicyclic) bond motifs is 1. The predicted octanol–water partition coefficient (Wildman–Crippen LogP) is 2.14. The first-order valence-corrected chi connectivity index (χ1v) is 7.20. The van der Waals surface area contributed by atoms with Gasteiger partial charge in [-0.1, -0.05) is 0 Å². The fraction of sp³-hybridized carbons (Fsp3) is 0.538. The molecule has 5 heteroatoms. The van der Waals surface area contributed by atoms with Crippen LogP contribution < -0.4 is 4.90 Å². The summed E-state index contributed by atoms with van der Waals surface area (Å²) in [5, 5.41) is 1.21. The lowest BCUT2D eigenvalue weighted by Gasteiger charge is -2.21. The average molecular weight is 262 g/mol. The van der Waals surface area contributed by atoms with Crippen molar-refractivity contribution in [2.24, 2.45) is 0 Å². The number of thiophene rings is 1. The zero-order valence-electron chi connectivity index (χ0n) is 10.9. The van der Waals surface area contributed by atoms with Crippen molar-refractivity contribution in [3.8, 4) is 0 Å². The van der Waals surface area contributed by atoms with Crippen LogP contribution >= 0.6 is 11.3 Å². The molecule has 18 heavy (non-hydrogen) atoms. The molecule has 1 fully saturated rings. The van der Waals surface area contributed by atoms with Crippen LogP contribution in [-0.2, 0) is 0 Å². The second-order valence-electron chi connectivity index (χ2n) is 4.92. The maximum atomic E-state index is 4.51. The highest BCUT2D eigenvalue weighted by molar-refractivity contribution is 7.18. The Kier molecular flexibility index (Phi) is 3.18. The van der Waals surface area contributed by atoms with Gasteiger partial charge in [0.15, 0.2) is 0 Å². The summed E-state index contributed by atoms with van der Waals surface area (Å²) in [7, 11) is 2.19. The maximum Gasteiger partial charge on any atom is 0.140 e. The van der Waals surface area contributed by atoms with Gasteiger partial charge in [0.1, 0.15) is 17.0 Å². The third-order valence-corrected chi connectivity index (χ3v) is 4.41. The van der Waals surface area contributed by atoms with Gasteiger partial charge in [-0.05, 0) is 33.0 Å². The van der Waals surface area contributed by atoms with Crippen molar-refractivity contribution in [2.75, 3.05) is 38.1 Å². The van der Waals surface area contributed by atoms with Crippen molar-refractivity contribution in [3.05, 3.63) is 17.3 Å². The topological polar surface area (TPSA) is 32.3 Å². The number of rotatable bonds is 1. The van der Waals surface area contributed by atoms with Crippen LogP contribution in [0, 0.1) is 6.92 Å². The van der Waals surface area contributed by atoms with E-state index in [4.69, 9.17) is 0 Å². The smallest absolute Gasteiger partial charge is 0.140 e.